The highest BCUT2D eigenvalue weighted by molar-refractivity contribution is 5.25. The number of ether oxygens (including phenoxy) is 1. The van der Waals surface area contributed by atoms with Crippen LogP contribution < -0.4 is 5.73 Å². The average molecular weight is 139 g/mol. The molecule has 0 saturated carbocycles. The Kier molecular flexibility index (Phi) is 4.33. The molecule has 2 heteroatoms. The van der Waals surface area contributed by atoms with E-state index < -0.39 is 0 Å². The molecule has 56 valence electrons. The summed E-state index contributed by atoms with van der Waals surface area (Å²) in [6.45, 7) is 7.65. The van der Waals surface area contributed by atoms with Crippen molar-refractivity contribution >= 4 is 0 Å². The highest BCUT2D eigenvalue weighted by atomic mass is 16.5. The molecule has 0 aromatic carbocycles. The molecule has 0 aliphatic carbocycles. The van der Waals surface area contributed by atoms with E-state index in [1.54, 1.807) is 19.3 Å². The van der Waals surface area contributed by atoms with E-state index in [9.17, 15) is 0 Å². The molecule has 10 heavy (non-hydrogen) atoms. The van der Waals surface area contributed by atoms with Crippen LogP contribution in [0.4, 0.5) is 0 Å². The minimum Gasteiger partial charge on any atom is -0.497 e. The molecule has 0 fully saturated rings. The molecule has 0 amide bonds. The highest BCUT2D eigenvalue weighted by Gasteiger charge is 1.88. The standard InChI is InChI=1S/C8H13NO/c1-4-8(6-9)5-7(2)10-3/h4-5H,1-2,6,9H2,3H3/b8-5+. The SMILES string of the molecule is C=C/C(=C\C(=C)OC)CN. The van der Waals surface area contributed by atoms with Crippen molar-refractivity contribution in [1.82, 2.24) is 0 Å². The molecule has 0 aromatic rings. The number of rotatable bonds is 4. The largest absolute Gasteiger partial charge is 0.497 e. The smallest absolute Gasteiger partial charge is 0.112 e. The monoisotopic (exact) mass is 139 g/mol. The van der Waals surface area contributed by atoms with Crippen molar-refractivity contribution in [2.75, 3.05) is 13.7 Å². The molecule has 0 unspecified atom stereocenters. The second kappa shape index (κ2) is 4.82. The molecule has 0 radical (unpaired) electrons. The quantitative estimate of drug-likeness (QED) is 0.469. The van der Waals surface area contributed by atoms with Crippen molar-refractivity contribution in [2.24, 2.45) is 5.73 Å². The average Bonchev–Trinajstić information content (AvgIpc) is 1.99. The third-order valence-corrected chi connectivity index (χ3v) is 1.11. The lowest BCUT2D eigenvalue weighted by atomic mass is 10.2. The van der Waals surface area contributed by atoms with Crippen LogP contribution in [0.25, 0.3) is 0 Å². The van der Waals surface area contributed by atoms with E-state index in [0.29, 0.717) is 12.3 Å². The van der Waals surface area contributed by atoms with Gasteiger partial charge in [-0.05, 0) is 11.6 Å². The first kappa shape index (κ1) is 8.98. The van der Waals surface area contributed by atoms with Gasteiger partial charge in [0.25, 0.3) is 0 Å². The first-order valence-electron chi connectivity index (χ1n) is 3.00. The normalized spacial score (nSPS) is 10.8. The topological polar surface area (TPSA) is 35.2 Å². The van der Waals surface area contributed by atoms with Gasteiger partial charge in [0.1, 0.15) is 5.76 Å². The number of hydrogen-bond donors (Lipinski definition) is 1. The first-order chi connectivity index (χ1) is 4.74. The van der Waals surface area contributed by atoms with Crippen LogP contribution in [0.15, 0.2) is 36.6 Å². The Bertz CT molecular complexity index is 159. The van der Waals surface area contributed by atoms with Crippen LogP contribution in [0.5, 0.6) is 0 Å². The summed E-state index contributed by atoms with van der Waals surface area (Å²) >= 11 is 0. The third kappa shape index (κ3) is 3.10. The van der Waals surface area contributed by atoms with Crippen molar-refractivity contribution in [3.8, 4) is 0 Å². The van der Waals surface area contributed by atoms with E-state index in [2.05, 4.69) is 13.2 Å². The van der Waals surface area contributed by atoms with Crippen LogP contribution in [-0.4, -0.2) is 13.7 Å². The summed E-state index contributed by atoms with van der Waals surface area (Å²) in [5.41, 5.74) is 6.27. The summed E-state index contributed by atoms with van der Waals surface area (Å²) < 4.78 is 4.81. The summed E-state index contributed by atoms with van der Waals surface area (Å²) in [4.78, 5) is 0. The molecule has 0 spiro atoms. The Morgan fingerprint density at radius 1 is 1.70 bits per heavy atom. The summed E-state index contributed by atoms with van der Waals surface area (Å²) in [5, 5.41) is 0. The lowest BCUT2D eigenvalue weighted by Crippen LogP contribution is -2.01. The van der Waals surface area contributed by atoms with E-state index in [1.807, 2.05) is 0 Å². The van der Waals surface area contributed by atoms with Gasteiger partial charge in [-0.15, -0.1) is 0 Å². The van der Waals surface area contributed by atoms with Gasteiger partial charge in [0, 0.05) is 6.54 Å². The minimum atomic E-state index is 0.464. The lowest BCUT2D eigenvalue weighted by molar-refractivity contribution is 0.308. The van der Waals surface area contributed by atoms with E-state index in [1.165, 1.54) is 0 Å². The molecule has 0 rings (SSSR count). The fourth-order valence-corrected chi connectivity index (χ4v) is 0.467. The maximum atomic E-state index is 5.35. The molecule has 0 aromatic heterocycles. The second-order valence-electron chi connectivity index (χ2n) is 1.80. The Labute approximate surface area is 61.7 Å². The van der Waals surface area contributed by atoms with Crippen molar-refractivity contribution in [3.05, 3.63) is 36.6 Å². The summed E-state index contributed by atoms with van der Waals surface area (Å²) in [6, 6.07) is 0. The lowest BCUT2D eigenvalue weighted by Gasteiger charge is -1.99. The van der Waals surface area contributed by atoms with Gasteiger partial charge in [-0.2, -0.15) is 0 Å². The number of hydrogen-bond acceptors (Lipinski definition) is 2. The van der Waals surface area contributed by atoms with Crippen LogP contribution in [0.2, 0.25) is 0 Å². The Morgan fingerprint density at radius 2 is 2.30 bits per heavy atom. The van der Waals surface area contributed by atoms with Gasteiger partial charge in [0.15, 0.2) is 0 Å². The zero-order valence-electron chi connectivity index (χ0n) is 6.26. The summed E-state index contributed by atoms with van der Waals surface area (Å²) in [6.07, 6.45) is 3.44. The van der Waals surface area contributed by atoms with Gasteiger partial charge in [-0.3, -0.25) is 0 Å². The molecule has 0 atom stereocenters. The van der Waals surface area contributed by atoms with Crippen LogP contribution in [0, 0.1) is 0 Å². The van der Waals surface area contributed by atoms with Gasteiger partial charge < -0.3 is 10.5 Å². The summed E-state index contributed by atoms with van der Waals surface area (Å²) in [5.74, 6) is 0.598. The Morgan fingerprint density at radius 3 is 2.60 bits per heavy atom. The van der Waals surface area contributed by atoms with E-state index in [-0.39, 0.29) is 0 Å². The zero-order valence-corrected chi connectivity index (χ0v) is 6.26. The Hall–Kier alpha value is -1.02. The zero-order chi connectivity index (χ0) is 7.98. The van der Waals surface area contributed by atoms with Gasteiger partial charge in [-0.25, -0.2) is 0 Å². The van der Waals surface area contributed by atoms with Crippen LogP contribution in [0.1, 0.15) is 0 Å². The van der Waals surface area contributed by atoms with Gasteiger partial charge in [0.2, 0.25) is 0 Å². The van der Waals surface area contributed by atoms with E-state index in [4.69, 9.17) is 10.5 Å². The van der Waals surface area contributed by atoms with E-state index in [0.717, 1.165) is 5.57 Å². The number of allylic oxidation sites excluding steroid dienone is 1. The number of methoxy groups -OCH3 is 1. The maximum Gasteiger partial charge on any atom is 0.112 e. The molecule has 0 bridgehead atoms. The predicted molar refractivity (Wildman–Crippen MR) is 43.5 cm³/mol. The minimum absolute atomic E-state index is 0.464. The van der Waals surface area contributed by atoms with Crippen LogP contribution in [0.3, 0.4) is 0 Å². The first-order valence-corrected chi connectivity index (χ1v) is 3.00. The van der Waals surface area contributed by atoms with Gasteiger partial charge >= 0.3 is 0 Å². The van der Waals surface area contributed by atoms with Gasteiger partial charge in [-0.1, -0.05) is 19.2 Å². The predicted octanol–water partition coefficient (Wildman–Crippen LogP) is 1.22. The molecule has 2 N–H and O–H groups in total. The van der Waals surface area contributed by atoms with Crippen molar-refractivity contribution in [3.63, 3.8) is 0 Å². The molecule has 0 aliphatic heterocycles. The second-order valence-corrected chi connectivity index (χ2v) is 1.80. The van der Waals surface area contributed by atoms with Crippen LogP contribution in [-0.2, 0) is 4.74 Å². The summed E-state index contributed by atoms with van der Waals surface area (Å²) in [7, 11) is 1.57. The third-order valence-electron chi connectivity index (χ3n) is 1.11. The Balaban J connectivity index is 4.09. The molecular formula is C8H13NO. The highest BCUT2D eigenvalue weighted by Crippen LogP contribution is 1.99. The van der Waals surface area contributed by atoms with Crippen LogP contribution >= 0.6 is 0 Å². The van der Waals surface area contributed by atoms with E-state index >= 15 is 0 Å². The van der Waals surface area contributed by atoms with Gasteiger partial charge in [0.05, 0.1) is 7.11 Å². The van der Waals surface area contributed by atoms with Crippen molar-refractivity contribution in [2.45, 2.75) is 0 Å². The van der Waals surface area contributed by atoms with Crippen molar-refractivity contribution in [1.29, 1.82) is 0 Å². The molecule has 0 heterocycles. The molecule has 2 nitrogen and oxygen atoms in total. The maximum absolute atomic E-state index is 5.35. The fourth-order valence-electron chi connectivity index (χ4n) is 0.467. The fraction of sp³-hybridized carbons (Fsp3) is 0.250. The number of nitrogens with two attached hydrogens (primary N) is 1. The molecule has 0 saturated heterocycles. The molecule has 0 aliphatic rings. The van der Waals surface area contributed by atoms with Crippen molar-refractivity contribution < 1.29 is 4.74 Å². The molecular weight excluding hydrogens is 126 g/mol.